The summed E-state index contributed by atoms with van der Waals surface area (Å²) >= 11 is 13.3. The van der Waals surface area contributed by atoms with Crippen LogP contribution in [-0.2, 0) is 21.4 Å². The average molecular weight is 740 g/mol. The van der Waals surface area contributed by atoms with Crippen LogP contribution in [0.3, 0.4) is 0 Å². The third-order valence-corrected chi connectivity index (χ3v) is 11.7. The van der Waals surface area contributed by atoms with Gasteiger partial charge in [-0.15, -0.1) is 0 Å². The molecule has 11 nitrogen and oxygen atoms in total. The summed E-state index contributed by atoms with van der Waals surface area (Å²) in [6.45, 7) is 4.72. The first-order valence-corrected chi connectivity index (χ1v) is 18.3. The van der Waals surface area contributed by atoms with Crippen LogP contribution < -0.4 is 10.6 Å². The van der Waals surface area contributed by atoms with Gasteiger partial charge >= 0.3 is 0 Å². The number of hydrazone groups is 1. The molecule has 1 saturated heterocycles. The van der Waals surface area contributed by atoms with Crippen LogP contribution in [0, 0.1) is 13.8 Å². The van der Waals surface area contributed by atoms with Gasteiger partial charge in [0, 0.05) is 61.0 Å². The highest BCUT2D eigenvalue weighted by molar-refractivity contribution is 7.89. The number of likely N-dealkylation sites (N-methyl/N-ethyl adjacent to an activating group) is 1. The molecule has 4 aromatic rings. The van der Waals surface area contributed by atoms with Gasteiger partial charge in [0.1, 0.15) is 28.8 Å². The van der Waals surface area contributed by atoms with Gasteiger partial charge in [-0.25, -0.2) is 13.4 Å². The van der Waals surface area contributed by atoms with Crippen molar-refractivity contribution in [3.63, 3.8) is 0 Å². The molecular weight excluding hydrogens is 699 g/mol. The van der Waals surface area contributed by atoms with Crippen molar-refractivity contribution in [2.24, 2.45) is 10.9 Å². The quantitative estimate of drug-likeness (QED) is 0.110. The van der Waals surface area contributed by atoms with Crippen LogP contribution in [0.2, 0.25) is 10.0 Å². The highest BCUT2D eigenvalue weighted by Gasteiger charge is 2.41. The molecule has 0 aliphatic carbocycles. The van der Waals surface area contributed by atoms with Crippen molar-refractivity contribution in [1.82, 2.24) is 19.1 Å². The maximum Gasteiger partial charge on any atom is 0.253 e. The molecular formula is C36H40Cl2N6O5S. The van der Waals surface area contributed by atoms with Crippen LogP contribution in [0.1, 0.15) is 52.0 Å². The number of hydrogen-bond donors (Lipinski definition) is 1. The number of nitrogens with zero attached hydrogens (tertiary/aromatic N) is 5. The van der Waals surface area contributed by atoms with Gasteiger partial charge in [0.15, 0.2) is 0 Å². The van der Waals surface area contributed by atoms with E-state index in [1.807, 2.05) is 32.0 Å². The fourth-order valence-corrected chi connectivity index (χ4v) is 8.67. The topological polar surface area (TPSA) is 138 Å². The Labute approximate surface area is 302 Å². The molecule has 1 atom stereocenters. The number of para-hydroxylation sites is 1. The average Bonchev–Trinajstić information content (AvgIpc) is 3.59. The molecule has 2 N–H and O–H groups in total. The standard InChI is InChI=1S/C36H40Cl2N6O5S/c1-23-20-24(2)41-34-27(23)8-5-10-31(34)49-22-28-29(37)15-16-32(33(28)38)50(47,48)44-19-6-9-30(44)36(46)43(4)18-7-17-42(3)35(45)26-13-11-25(12-14-26)21-40-39/h5,8,10-16,20-21,30H,6-7,9,17-19,22,39H2,1-4H3/t30-/m0/s1. The van der Waals surface area contributed by atoms with Crippen molar-refractivity contribution in [1.29, 1.82) is 0 Å². The minimum Gasteiger partial charge on any atom is -0.487 e. The number of amides is 2. The fourth-order valence-electron chi connectivity index (χ4n) is 6.16. The van der Waals surface area contributed by atoms with Gasteiger partial charge in [0.05, 0.1) is 11.2 Å². The lowest BCUT2D eigenvalue weighted by Crippen LogP contribution is -2.47. The molecule has 0 unspecified atom stereocenters. The van der Waals surface area contributed by atoms with Crippen LogP contribution in [0.25, 0.3) is 10.9 Å². The molecule has 50 heavy (non-hydrogen) atoms. The lowest BCUT2D eigenvalue weighted by molar-refractivity contribution is -0.133. The van der Waals surface area contributed by atoms with Crippen molar-refractivity contribution in [3.8, 4) is 5.75 Å². The number of sulfonamides is 1. The highest BCUT2D eigenvalue weighted by atomic mass is 35.5. The summed E-state index contributed by atoms with van der Waals surface area (Å²) in [5.41, 5.74) is 4.20. The monoisotopic (exact) mass is 738 g/mol. The summed E-state index contributed by atoms with van der Waals surface area (Å²) in [7, 11) is -0.854. The number of hydrogen-bond acceptors (Lipinski definition) is 8. The van der Waals surface area contributed by atoms with E-state index < -0.39 is 16.1 Å². The van der Waals surface area contributed by atoms with Crippen molar-refractivity contribution < 1.29 is 22.7 Å². The number of fused-ring (bicyclic) bond motifs is 1. The lowest BCUT2D eigenvalue weighted by atomic mass is 10.1. The summed E-state index contributed by atoms with van der Waals surface area (Å²) < 4.78 is 35.5. The van der Waals surface area contributed by atoms with Gasteiger partial charge < -0.3 is 20.4 Å². The van der Waals surface area contributed by atoms with Crippen molar-refractivity contribution >= 4 is 62.2 Å². The molecule has 1 fully saturated rings. The van der Waals surface area contributed by atoms with Crippen molar-refractivity contribution in [2.75, 3.05) is 33.7 Å². The van der Waals surface area contributed by atoms with Gasteiger partial charge in [-0.2, -0.15) is 9.41 Å². The van der Waals surface area contributed by atoms with Crippen LogP contribution in [0.15, 0.2) is 70.7 Å². The number of rotatable bonds is 12. The number of pyridine rings is 1. The van der Waals surface area contributed by atoms with Gasteiger partial charge in [0.25, 0.3) is 5.91 Å². The molecule has 1 aromatic heterocycles. The second-order valence-electron chi connectivity index (χ2n) is 12.4. The van der Waals surface area contributed by atoms with E-state index in [2.05, 4.69) is 10.1 Å². The number of halogens is 2. The molecule has 2 amide bonds. The van der Waals surface area contributed by atoms with E-state index in [9.17, 15) is 18.0 Å². The fraction of sp³-hybridized carbons (Fsp3) is 0.333. The smallest absolute Gasteiger partial charge is 0.253 e. The first-order chi connectivity index (χ1) is 23.8. The zero-order chi connectivity index (χ0) is 36.2. The summed E-state index contributed by atoms with van der Waals surface area (Å²) in [5, 5.41) is 4.62. The Bertz CT molecular complexity index is 2040. The van der Waals surface area contributed by atoms with Crippen LogP contribution in [-0.4, -0.2) is 85.3 Å². The number of aromatic nitrogens is 1. The van der Waals surface area contributed by atoms with Crippen LogP contribution in [0.4, 0.5) is 0 Å². The SMILES string of the molecule is Cc1cc(C)c2cccc(OCc3c(Cl)ccc(S(=O)(=O)N4CCC[C@H]4C(=O)N(C)CCCN(C)C(=O)c4ccc(C=NN)cc4)c3Cl)c2n1. The summed E-state index contributed by atoms with van der Waals surface area (Å²) in [6, 6.07) is 16.5. The van der Waals surface area contributed by atoms with Crippen molar-refractivity contribution in [3.05, 3.63) is 98.7 Å². The zero-order valence-electron chi connectivity index (χ0n) is 28.4. The molecule has 2 heterocycles. The molecule has 0 spiro atoms. The second kappa shape index (κ2) is 15.8. The Morgan fingerprint density at radius 1 is 1.06 bits per heavy atom. The van der Waals surface area contributed by atoms with E-state index in [1.54, 1.807) is 49.3 Å². The van der Waals surface area contributed by atoms with E-state index in [4.69, 9.17) is 33.8 Å². The Hall–Kier alpha value is -4.23. The van der Waals surface area contributed by atoms with Crippen LogP contribution in [0.5, 0.6) is 5.75 Å². The molecule has 1 aliphatic heterocycles. The van der Waals surface area contributed by atoms with Gasteiger partial charge in [0.2, 0.25) is 15.9 Å². The maximum atomic E-state index is 14.1. The summed E-state index contributed by atoms with van der Waals surface area (Å²) in [5.74, 6) is 5.22. The molecule has 0 radical (unpaired) electrons. The second-order valence-corrected chi connectivity index (χ2v) is 15.0. The minimum absolute atomic E-state index is 0.0561. The zero-order valence-corrected chi connectivity index (χ0v) is 30.7. The molecule has 264 valence electrons. The summed E-state index contributed by atoms with van der Waals surface area (Å²) in [4.78, 5) is 34.1. The Balaban J connectivity index is 1.25. The third-order valence-electron chi connectivity index (χ3n) is 8.83. The Kier molecular flexibility index (Phi) is 11.7. The minimum atomic E-state index is -4.19. The first-order valence-electron chi connectivity index (χ1n) is 16.2. The number of carbonyl (C=O) groups excluding carboxylic acids is 2. The van der Waals surface area contributed by atoms with E-state index in [0.717, 1.165) is 22.2 Å². The summed E-state index contributed by atoms with van der Waals surface area (Å²) in [6.07, 6.45) is 2.88. The Morgan fingerprint density at radius 2 is 1.78 bits per heavy atom. The van der Waals surface area contributed by atoms with Gasteiger partial charge in [-0.1, -0.05) is 47.5 Å². The predicted molar refractivity (Wildman–Crippen MR) is 196 cm³/mol. The van der Waals surface area contributed by atoms with E-state index in [-0.39, 0.29) is 39.9 Å². The van der Waals surface area contributed by atoms with Crippen LogP contribution >= 0.6 is 23.2 Å². The highest BCUT2D eigenvalue weighted by Crippen LogP contribution is 2.37. The molecule has 14 heteroatoms. The molecule has 0 saturated carbocycles. The largest absolute Gasteiger partial charge is 0.487 e. The van der Waals surface area contributed by atoms with E-state index in [1.165, 1.54) is 27.6 Å². The molecule has 3 aromatic carbocycles. The van der Waals surface area contributed by atoms with Gasteiger partial charge in [-0.3, -0.25) is 9.59 Å². The number of aryl methyl sites for hydroxylation is 2. The van der Waals surface area contributed by atoms with Crippen molar-refractivity contribution in [2.45, 2.75) is 50.7 Å². The number of nitrogens with two attached hydrogens (primary N) is 1. The van der Waals surface area contributed by atoms with E-state index >= 15 is 0 Å². The number of benzene rings is 3. The maximum absolute atomic E-state index is 14.1. The first kappa shape index (κ1) is 37.0. The Morgan fingerprint density at radius 3 is 2.50 bits per heavy atom. The lowest BCUT2D eigenvalue weighted by Gasteiger charge is -2.28. The number of carbonyl (C=O) groups is 2. The van der Waals surface area contributed by atoms with E-state index in [0.29, 0.717) is 54.7 Å². The van der Waals surface area contributed by atoms with Gasteiger partial charge in [-0.05, 0) is 80.6 Å². The third kappa shape index (κ3) is 7.88. The molecule has 0 bridgehead atoms. The molecule has 1 aliphatic rings. The molecule has 5 rings (SSSR count). The normalized spacial score (nSPS) is 15.1. The number of ether oxygens (including phenoxy) is 1. The predicted octanol–water partition coefficient (Wildman–Crippen LogP) is 5.80.